The van der Waals surface area contributed by atoms with Crippen LogP contribution in [0, 0.1) is 0 Å². The molecule has 0 aliphatic heterocycles. The van der Waals surface area contributed by atoms with Gasteiger partial charge < -0.3 is 11.5 Å². The summed E-state index contributed by atoms with van der Waals surface area (Å²) in [4.78, 5) is 0. The predicted molar refractivity (Wildman–Crippen MR) is 18.1 cm³/mol. The molecule has 0 spiro atoms. The van der Waals surface area contributed by atoms with Crippen molar-refractivity contribution in [2.24, 2.45) is 11.5 Å². The average molecular weight is 261 g/mol. The molecule has 0 radical (unpaired) electrons. The van der Waals surface area contributed by atoms with Crippen molar-refractivity contribution in [2.75, 3.05) is 13.1 Å². The molecule has 0 aliphatic carbocycles. The zero-order chi connectivity index (χ0) is 3.41. The molecule has 0 saturated heterocycles. The van der Waals surface area contributed by atoms with Crippen LogP contribution in [0.25, 0.3) is 0 Å². The molecule has 0 aromatic rings. The van der Waals surface area contributed by atoms with Crippen molar-refractivity contribution in [3.63, 3.8) is 0 Å². The zero-order valence-electron chi connectivity index (χ0n) is 3.28. The Balaban J connectivity index is 0. The Labute approximate surface area is 52.4 Å². The molecule has 0 aromatic carbocycles. The summed E-state index contributed by atoms with van der Waals surface area (Å²) in [5.41, 5.74) is 9.81. The molecule has 0 unspecified atom stereocenters. The predicted octanol–water partition coefficient (Wildman–Crippen LogP) is -1.10. The van der Waals surface area contributed by atoms with Gasteiger partial charge in [0.05, 0.1) is 0 Å². The summed E-state index contributed by atoms with van der Waals surface area (Å²) in [6, 6.07) is 0. The van der Waals surface area contributed by atoms with Gasteiger partial charge in [-0.3, -0.25) is 0 Å². The van der Waals surface area contributed by atoms with Gasteiger partial charge in [-0.05, 0) is 0 Å². The summed E-state index contributed by atoms with van der Waals surface area (Å²) in [6.07, 6.45) is 0. The molecule has 0 rings (SSSR count). The van der Waals surface area contributed by atoms with Crippen molar-refractivity contribution in [3.05, 3.63) is 0 Å². The van der Waals surface area contributed by atoms with Crippen molar-refractivity contribution in [3.8, 4) is 0 Å². The van der Waals surface area contributed by atoms with E-state index in [2.05, 4.69) is 0 Å². The summed E-state index contributed by atoms with van der Waals surface area (Å²) in [6.45, 7) is 1.19. The second-order valence-corrected chi connectivity index (χ2v) is 0.577. The van der Waals surface area contributed by atoms with Crippen LogP contribution in [0.15, 0.2) is 0 Å². The Bertz CT molecular complexity index is 9.61. The molecule has 0 aliphatic rings. The van der Waals surface area contributed by atoms with Gasteiger partial charge in [0.2, 0.25) is 0 Å². The van der Waals surface area contributed by atoms with Crippen LogP contribution in [0.4, 0.5) is 0 Å². The Morgan fingerprint density at radius 2 is 1.20 bits per heavy atom. The van der Waals surface area contributed by atoms with Gasteiger partial charge in [0.25, 0.3) is 0 Å². The monoisotopic (exact) mass is 262 g/mol. The average Bonchev–Trinajstić information content (AvgIpc) is 1.37. The molecule has 0 saturated carbocycles. The van der Waals surface area contributed by atoms with E-state index in [1.165, 1.54) is 0 Å². The molecule has 0 atom stereocenters. The van der Waals surface area contributed by atoms with Crippen LogP contribution in [0.2, 0.25) is 0 Å². The number of nitrogens with two attached hydrogens (primary N) is 2. The van der Waals surface area contributed by atoms with Gasteiger partial charge in [-0.1, -0.05) is 0 Å². The molecule has 0 fully saturated rings. The zero-order valence-corrected chi connectivity index (χ0v) is 8.77. The normalized spacial score (nSPS) is 6.00. The van der Waals surface area contributed by atoms with Crippen LogP contribution < -0.4 is 11.5 Å². The van der Waals surface area contributed by atoms with E-state index in [0.717, 1.165) is 0 Å². The van der Waals surface area contributed by atoms with Gasteiger partial charge in [0.15, 0.2) is 0 Å². The summed E-state index contributed by atoms with van der Waals surface area (Å²) in [5, 5.41) is 0. The van der Waals surface area contributed by atoms with Crippen LogP contribution >= 0.6 is 0 Å². The maximum Gasteiger partial charge on any atom is 0.00461 e. The molecule has 0 aromatic heterocycles. The summed E-state index contributed by atoms with van der Waals surface area (Å²) >= 11 is 0. The molecule has 0 amide bonds. The van der Waals surface area contributed by atoms with E-state index in [-0.39, 0.29) is 27.7 Å². The summed E-state index contributed by atoms with van der Waals surface area (Å²) < 4.78 is 0. The molecular formula is C2H8HgN2. The summed E-state index contributed by atoms with van der Waals surface area (Å²) in [7, 11) is 0. The van der Waals surface area contributed by atoms with E-state index in [9.17, 15) is 0 Å². The van der Waals surface area contributed by atoms with E-state index in [4.69, 9.17) is 11.5 Å². The van der Waals surface area contributed by atoms with Crippen molar-refractivity contribution in [1.29, 1.82) is 0 Å². The van der Waals surface area contributed by atoms with E-state index < -0.39 is 0 Å². The maximum atomic E-state index is 4.90. The minimum Gasteiger partial charge on any atom is -0.329 e. The van der Waals surface area contributed by atoms with Gasteiger partial charge in [0.1, 0.15) is 0 Å². The van der Waals surface area contributed by atoms with E-state index in [1.807, 2.05) is 0 Å². The fraction of sp³-hybridized carbons (Fsp3) is 1.00. The van der Waals surface area contributed by atoms with Gasteiger partial charge in [-0.2, -0.15) is 0 Å². The van der Waals surface area contributed by atoms with E-state index in [1.54, 1.807) is 0 Å². The minimum absolute atomic E-state index is 0. The SMILES string of the molecule is NCCN.[Hg]. The molecule has 0 heterocycles. The smallest absolute Gasteiger partial charge is 0.00461 e. The van der Waals surface area contributed by atoms with Crippen molar-refractivity contribution in [1.82, 2.24) is 0 Å². The molecular weight excluding hydrogens is 253 g/mol. The summed E-state index contributed by atoms with van der Waals surface area (Å²) in [5.74, 6) is 0. The molecule has 5 heavy (non-hydrogen) atoms. The van der Waals surface area contributed by atoms with Gasteiger partial charge in [0, 0.05) is 40.8 Å². The first-order valence-electron chi connectivity index (χ1n) is 1.32. The van der Waals surface area contributed by atoms with E-state index >= 15 is 0 Å². The Hall–Kier alpha value is 0.855. The molecule has 4 N–H and O–H groups in total. The van der Waals surface area contributed by atoms with Gasteiger partial charge >= 0.3 is 0 Å². The van der Waals surface area contributed by atoms with Crippen molar-refractivity contribution >= 4 is 0 Å². The third kappa shape index (κ3) is 11.5. The first-order valence-corrected chi connectivity index (χ1v) is 1.32. The maximum absolute atomic E-state index is 4.90. The topological polar surface area (TPSA) is 52.0 Å². The molecule has 3 heteroatoms. The fourth-order valence-electron chi connectivity index (χ4n) is 0. The van der Waals surface area contributed by atoms with Gasteiger partial charge in [-0.25, -0.2) is 0 Å². The Morgan fingerprint density at radius 3 is 1.20 bits per heavy atom. The van der Waals surface area contributed by atoms with Crippen LogP contribution in [-0.2, 0) is 27.7 Å². The Morgan fingerprint density at radius 1 is 1.00 bits per heavy atom. The third-order valence-electron chi connectivity index (χ3n) is 0.167. The van der Waals surface area contributed by atoms with E-state index in [0.29, 0.717) is 13.1 Å². The standard InChI is InChI=1S/C2H8N2.Hg/c3-1-2-4;/h1-4H2;. The first-order chi connectivity index (χ1) is 1.91. The largest absolute Gasteiger partial charge is 0.329 e. The van der Waals surface area contributed by atoms with Gasteiger partial charge in [-0.15, -0.1) is 0 Å². The number of hydrogen-bond donors (Lipinski definition) is 2. The molecule has 0 bridgehead atoms. The third-order valence-corrected chi connectivity index (χ3v) is 0.167. The minimum atomic E-state index is 0. The van der Waals surface area contributed by atoms with Crippen molar-refractivity contribution in [2.45, 2.75) is 0 Å². The molecule has 28 valence electrons. The second-order valence-electron chi connectivity index (χ2n) is 0.577. The van der Waals surface area contributed by atoms with Crippen LogP contribution in [0.5, 0.6) is 0 Å². The molecule has 2 nitrogen and oxygen atoms in total. The van der Waals surface area contributed by atoms with Crippen molar-refractivity contribution < 1.29 is 27.7 Å². The number of hydrogen-bond acceptors (Lipinski definition) is 2. The second kappa shape index (κ2) is 8.85. The first kappa shape index (κ1) is 9.29. The number of rotatable bonds is 1. The quantitative estimate of drug-likeness (QED) is 0.588. The van der Waals surface area contributed by atoms with Crippen LogP contribution in [-0.4, -0.2) is 13.1 Å². The van der Waals surface area contributed by atoms with Crippen LogP contribution in [0.1, 0.15) is 0 Å². The Kier molecular flexibility index (Phi) is 16.4. The van der Waals surface area contributed by atoms with Crippen LogP contribution in [0.3, 0.4) is 0 Å². The fourth-order valence-corrected chi connectivity index (χ4v) is 0.